The van der Waals surface area contributed by atoms with Crippen LogP contribution in [0.1, 0.15) is 20.8 Å². The summed E-state index contributed by atoms with van der Waals surface area (Å²) in [5, 5.41) is 13.5. The summed E-state index contributed by atoms with van der Waals surface area (Å²) in [4.78, 5) is 27.1. The van der Waals surface area contributed by atoms with E-state index in [-0.39, 0.29) is 5.69 Å². The molecule has 0 radical (unpaired) electrons. The Labute approximate surface area is 123 Å². The van der Waals surface area contributed by atoms with Crippen LogP contribution in [0.2, 0.25) is 0 Å². The van der Waals surface area contributed by atoms with Crippen LogP contribution in [-0.2, 0) is 4.74 Å². The summed E-state index contributed by atoms with van der Waals surface area (Å²) in [5.74, 6) is 0.512. The van der Waals surface area contributed by atoms with Crippen LogP contribution in [0.5, 0.6) is 0 Å². The summed E-state index contributed by atoms with van der Waals surface area (Å²) in [6.07, 6.45) is 0.779. The molecule has 1 amide bonds. The Balaban J connectivity index is 2.39. The number of hydrogen-bond donors (Lipinski definition) is 1. The minimum atomic E-state index is -0.529. The lowest BCUT2D eigenvalue weighted by atomic mass is 10.2. The number of rotatable bonds is 5. The van der Waals surface area contributed by atoms with Gasteiger partial charge >= 0.3 is 6.09 Å². The Morgan fingerprint density at radius 2 is 2.14 bits per heavy atom. The first-order valence-electron chi connectivity index (χ1n) is 6.47. The Morgan fingerprint density at radius 1 is 1.48 bits per heavy atom. The van der Waals surface area contributed by atoms with Crippen molar-refractivity contribution in [3.05, 3.63) is 28.4 Å². The van der Waals surface area contributed by atoms with Gasteiger partial charge in [-0.2, -0.15) is 0 Å². The van der Waals surface area contributed by atoms with Crippen molar-refractivity contribution in [2.24, 2.45) is 0 Å². The van der Waals surface area contributed by atoms with Gasteiger partial charge in [-0.15, -0.1) is 0 Å². The molecule has 0 atom stereocenters. The summed E-state index contributed by atoms with van der Waals surface area (Å²) in [7, 11) is 1.64. The molecule has 0 spiro atoms. The van der Waals surface area contributed by atoms with E-state index in [9.17, 15) is 14.9 Å². The molecule has 0 aliphatic rings. The molecular formula is C13H20N4O4. The van der Waals surface area contributed by atoms with E-state index in [4.69, 9.17) is 4.74 Å². The van der Waals surface area contributed by atoms with Crippen molar-refractivity contribution >= 4 is 17.6 Å². The second kappa shape index (κ2) is 6.87. The number of nitrogens with one attached hydrogen (secondary N) is 1. The number of nitrogens with zero attached hydrogens (tertiary/aromatic N) is 3. The summed E-state index contributed by atoms with van der Waals surface area (Å²) in [5.41, 5.74) is -0.593. The predicted molar refractivity (Wildman–Crippen MR) is 78.2 cm³/mol. The summed E-state index contributed by atoms with van der Waals surface area (Å²) in [6, 6.07) is 2.89. The van der Waals surface area contributed by atoms with E-state index in [2.05, 4.69) is 10.3 Å². The maximum absolute atomic E-state index is 11.7. The molecule has 0 unspecified atom stereocenters. The Bertz CT molecular complexity index is 496. The van der Waals surface area contributed by atoms with Crippen LogP contribution >= 0.6 is 0 Å². The van der Waals surface area contributed by atoms with Crippen molar-refractivity contribution in [1.29, 1.82) is 0 Å². The van der Waals surface area contributed by atoms with Crippen molar-refractivity contribution in [2.45, 2.75) is 26.4 Å². The molecule has 1 heterocycles. The molecule has 0 bridgehead atoms. The highest BCUT2D eigenvalue weighted by molar-refractivity contribution is 5.67. The van der Waals surface area contributed by atoms with Gasteiger partial charge < -0.3 is 15.0 Å². The number of carbonyl (C=O) groups is 1. The lowest BCUT2D eigenvalue weighted by molar-refractivity contribution is -0.385. The Kier molecular flexibility index (Phi) is 5.45. The van der Waals surface area contributed by atoms with Gasteiger partial charge in [0.05, 0.1) is 4.92 Å². The fourth-order valence-electron chi connectivity index (χ4n) is 1.38. The van der Waals surface area contributed by atoms with Crippen LogP contribution < -0.4 is 5.32 Å². The molecule has 1 aromatic rings. The van der Waals surface area contributed by atoms with Crippen molar-refractivity contribution in [3.8, 4) is 0 Å². The number of anilines is 1. The Hall–Kier alpha value is -2.38. The molecule has 0 aliphatic heterocycles. The molecule has 1 N–H and O–H groups in total. The van der Waals surface area contributed by atoms with Gasteiger partial charge in [0.25, 0.3) is 5.69 Å². The zero-order valence-electron chi connectivity index (χ0n) is 12.6. The Morgan fingerprint density at radius 3 is 2.62 bits per heavy atom. The van der Waals surface area contributed by atoms with Crippen LogP contribution in [0.4, 0.5) is 16.3 Å². The van der Waals surface area contributed by atoms with Crippen molar-refractivity contribution in [3.63, 3.8) is 0 Å². The number of hydrogen-bond acceptors (Lipinski definition) is 6. The molecule has 1 rings (SSSR count). The van der Waals surface area contributed by atoms with Crippen molar-refractivity contribution < 1.29 is 14.5 Å². The quantitative estimate of drug-likeness (QED) is 0.661. The van der Waals surface area contributed by atoms with E-state index in [1.165, 1.54) is 23.2 Å². The normalized spacial score (nSPS) is 10.9. The molecule has 0 aliphatic carbocycles. The number of ether oxygens (including phenoxy) is 1. The topological polar surface area (TPSA) is 97.6 Å². The van der Waals surface area contributed by atoms with Crippen LogP contribution in [0.3, 0.4) is 0 Å². The number of amides is 1. The average molecular weight is 296 g/mol. The molecule has 0 saturated heterocycles. The third kappa shape index (κ3) is 6.07. The molecule has 0 saturated carbocycles. The first-order chi connectivity index (χ1) is 9.69. The van der Waals surface area contributed by atoms with E-state index < -0.39 is 16.6 Å². The first-order valence-corrected chi connectivity index (χ1v) is 6.47. The monoisotopic (exact) mass is 296 g/mol. The van der Waals surface area contributed by atoms with Gasteiger partial charge in [-0.25, -0.2) is 9.78 Å². The second-order valence-electron chi connectivity index (χ2n) is 5.49. The fraction of sp³-hybridized carbons (Fsp3) is 0.538. The lowest BCUT2D eigenvalue weighted by Gasteiger charge is -2.24. The minimum Gasteiger partial charge on any atom is -0.444 e. The highest BCUT2D eigenvalue weighted by atomic mass is 16.6. The number of pyridine rings is 1. The van der Waals surface area contributed by atoms with Crippen LogP contribution in [0.25, 0.3) is 0 Å². The third-order valence-corrected chi connectivity index (χ3v) is 2.42. The van der Waals surface area contributed by atoms with Gasteiger partial charge in [0.1, 0.15) is 17.6 Å². The average Bonchev–Trinajstić information content (AvgIpc) is 2.37. The largest absolute Gasteiger partial charge is 0.444 e. The second-order valence-corrected chi connectivity index (χ2v) is 5.49. The van der Waals surface area contributed by atoms with E-state index in [0.717, 1.165) is 0 Å². The van der Waals surface area contributed by atoms with E-state index in [0.29, 0.717) is 18.9 Å². The van der Waals surface area contributed by atoms with Crippen LogP contribution in [0, 0.1) is 10.1 Å². The van der Waals surface area contributed by atoms with E-state index >= 15 is 0 Å². The predicted octanol–water partition coefficient (Wildman–Crippen LogP) is 2.27. The standard InChI is InChI=1S/C13H20N4O4/c1-13(2,3)21-12(18)16(4)8-7-14-11-6-5-10(9-15-11)17(19)20/h5-6,9H,7-8H2,1-4H3,(H,14,15). The molecule has 8 nitrogen and oxygen atoms in total. The number of likely N-dealkylation sites (N-methyl/N-ethyl adjacent to an activating group) is 1. The van der Waals surface area contributed by atoms with Crippen LogP contribution in [-0.4, -0.2) is 46.6 Å². The van der Waals surface area contributed by atoms with Gasteiger partial charge in [0, 0.05) is 26.2 Å². The molecular weight excluding hydrogens is 276 g/mol. The zero-order valence-corrected chi connectivity index (χ0v) is 12.6. The first kappa shape index (κ1) is 16.7. The summed E-state index contributed by atoms with van der Waals surface area (Å²) in [6.45, 7) is 6.29. The highest BCUT2D eigenvalue weighted by Crippen LogP contribution is 2.12. The number of carbonyl (C=O) groups excluding carboxylic acids is 1. The van der Waals surface area contributed by atoms with E-state index in [1.807, 2.05) is 0 Å². The zero-order chi connectivity index (χ0) is 16.0. The molecule has 8 heteroatoms. The highest BCUT2D eigenvalue weighted by Gasteiger charge is 2.19. The maximum atomic E-state index is 11.7. The number of nitro groups is 1. The van der Waals surface area contributed by atoms with Gasteiger partial charge in [0.2, 0.25) is 0 Å². The SMILES string of the molecule is CN(CCNc1ccc([N+](=O)[O-])cn1)C(=O)OC(C)(C)C. The van der Waals surface area contributed by atoms with E-state index in [1.54, 1.807) is 27.8 Å². The molecule has 1 aromatic heterocycles. The van der Waals surface area contributed by atoms with Gasteiger partial charge in [-0.05, 0) is 26.8 Å². The third-order valence-electron chi connectivity index (χ3n) is 2.42. The minimum absolute atomic E-state index is 0.0635. The molecule has 116 valence electrons. The lowest BCUT2D eigenvalue weighted by Crippen LogP contribution is -2.36. The van der Waals surface area contributed by atoms with Crippen molar-refractivity contribution in [2.75, 3.05) is 25.5 Å². The number of aromatic nitrogens is 1. The molecule has 0 fully saturated rings. The van der Waals surface area contributed by atoms with Crippen LogP contribution in [0.15, 0.2) is 18.3 Å². The summed E-state index contributed by atoms with van der Waals surface area (Å²) >= 11 is 0. The summed E-state index contributed by atoms with van der Waals surface area (Å²) < 4.78 is 5.21. The fourth-order valence-corrected chi connectivity index (χ4v) is 1.38. The van der Waals surface area contributed by atoms with Gasteiger partial charge in [-0.1, -0.05) is 0 Å². The smallest absolute Gasteiger partial charge is 0.410 e. The maximum Gasteiger partial charge on any atom is 0.410 e. The van der Waals surface area contributed by atoms with Crippen molar-refractivity contribution in [1.82, 2.24) is 9.88 Å². The molecule has 21 heavy (non-hydrogen) atoms. The molecule has 0 aromatic carbocycles. The van der Waals surface area contributed by atoms with Gasteiger partial charge in [0.15, 0.2) is 0 Å². The van der Waals surface area contributed by atoms with Gasteiger partial charge in [-0.3, -0.25) is 10.1 Å².